The van der Waals surface area contributed by atoms with E-state index in [2.05, 4.69) is 30.8 Å². The molecular formula is C25H23FN8O2. The number of pyridine rings is 2. The Hall–Kier alpha value is -4.80. The normalized spacial score (nSPS) is 11.0. The zero-order valence-electron chi connectivity index (χ0n) is 19.9. The molecule has 0 aliphatic carbocycles. The Kier molecular flexibility index (Phi) is 6.03. The van der Waals surface area contributed by atoms with E-state index in [0.29, 0.717) is 23.9 Å². The van der Waals surface area contributed by atoms with Crippen molar-refractivity contribution in [2.24, 2.45) is 0 Å². The van der Waals surface area contributed by atoms with Gasteiger partial charge in [0.2, 0.25) is 0 Å². The molecule has 0 saturated heterocycles. The molecule has 1 aromatic carbocycles. The van der Waals surface area contributed by atoms with E-state index in [1.807, 2.05) is 36.6 Å². The average molecular weight is 487 g/mol. The summed E-state index contributed by atoms with van der Waals surface area (Å²) in [5.41, 5.74) is 4.82. The Labute approximate surface area is 205 Å². The second kappa shape index (κ2) is 9.45. The van der Waals surface area contributed by atoms with Crippen LogP contribution in [0.25, 0.3) is 34.0 Å². The number of ether oxygens (including phenoxy) is 1. The number of imidazole rings is 1. The molecule has 5 aromatic rings. The van der Waals surface area contributed by atoms with Crippen LogP contribution < -0.4 is 15.4 Å². The van der Waals surface area contributed by atoms with E-state index in [0.717, 1.165) is 28.0 Å². The van der Waals surface area contributed by atoms with Crippen LogP contribution in [0.3, 0.4) is 0 Å². The summed E-state index contributed by atoms with van der Waals surface area (Å²) >= 11 is 0. The molecule has 0 atom stereocenters. The van der Waals surface area contributed by atoms with Crippen molar-refractivity contribution in [3.05, 3.63) is 72.7 Å². The van der Waals surface area contributed by atoms with Gasteiger partial charge in [0.25, 0.3) is 0 Å². The molecule has 4 aromatic heterocycles. The first-order chi connectivity index (χ1) is 17.5. The Bertz CT molecular complexity index is 1560. The molecule has 0 spiro atoms. The van der Waals surface area contributed by atoms with Crippen molar-refractivity contribution in [3.8, 4) is 34.1 Å². The number of carbonyl (C=O) groups is 1. The maximum absolute atomic E-state index is 13.9. The number of aromatic nitrogens is 6. The Balaban J connectivity index is 1.54. The lowest BCUT2D eigenvalue weighted by Gasteiger charge is -2.11. The van der Waals surface area contributed by atoms with Crippen LogP contribution in [0, 0.1) is 12.7 Å². The molecule has 0 unspecified atom stereocenters. The molecule has 5 rings (SSSR count). The number of anilines is 1. The van der Waals surface area contributed by atoms with Crippen molar-refractivity contribution in [1.82, 2.24) is 34.4 Å². The quantitative estimate of drug-likeness (QED) is 0.371. The molecule has 0 aliphatic heterocycles. The second-order valence-electron chi connectivity index (χ2n) is 8.01. The third-order valence-electron chi connectivity index (χ3n) is 5.65. The fourth-order valence-corrected chi connectivity index (χ4v) is 3.95. The number of carbonyl (C=O) groups excluding carboxylic acids is 1. The molecule has 0 radical (unpaired) electrons. The molecule has 36 heavy (non-hydrogen) atoms. The van der Waals surface area contributed by atoms with E-state index >= 15 is 0 Å². The van der Waals surface area contributed by atoms with Gasteiger partial charge in [0.05, 0.1) is 24.7 Å². The molecule has 0 aliphatic rings. The number of hydrogen-bond donors (Lipinski definition) is 2. The first-order valence-corrected chi connectivity index (χ1v) is 11.2. The van der Waals surface area contributed by atoms with Crippen LogP contribution in [0.15, 0.2) is 61.3 Å². The topological polar surface area (TPSA) is 111 Å². The molecule has 182 valence electrons. The number of rotatable bonds is 6. The zero-order valence-corrected chi connectivity index (χ0v) is 19.9. The number of aryl methyl sites for hydroxylation is 1. The molecule has 4 heterocycles. The first kappa shape index (κ1) is 23.0. The molecule has 0 saturated carbocycles. The van der Waals surface area contributed by atoms with Gasteiger partial charge in [0, 0.05) is 36.1 Å². The monoisotopic (exact) mass is 486 g/mol. The number of halogens is 1. The van der Waals surface area contributed by atoms with Crippen LogP contribution in [0.1, 0.15) is 12.5 Å². The summed E-state index contributed by atoms with van der Waals surface area (Å²) in [6, 6.07) is 9.85. The van der Waals surface area contributed by atoms with E-state index in [1.54, 1.807) is 41.5 Å². The van der Waals surface area contributed by atoms with Crippen LogP contribution in [0.5, 0.6) is 5.75 Å². The molecular weight excluding hydrogens is 463 g/mol. The number of nitrogens with one attached hydrogen (secondary N) is 2. The predicted octanol–water partition coefficient (Wildman–Crippen LogP) is 4.24. The fourth-order valence-electron chi connectivity index (χ4n) is 3.95. The highest BCUT2D eigenvalue weighted by Gasteiger charge is 2.16. The van der Waals surface area contributed by atoms with Gasteiger partial charge in [0.15, 0.2) is 17.4 Å². The molecule has 2 amide bonds. The predicted molar refractivity (Wildman–Crippen MR) is 133 cm³/mol. The van der Waals surface area contributed by atoms with E-state index in [4.69, 9.17) is 4.74 Å². The summed E-state index contributed by atoms with van der Waals surface area (Å²) < 4.78 is 22.8. The molecule has 10 nitrogen and oxygen atoms in total. The number of hydrogen-bond acceptors (Lipinski definition) is 6. The van der Waals surface area contributed by atoms with Crippen molar-refractivity contribution in [2.45, 2.75) is 13.8 Å². The molecule has 0 fully saturated rings. The largest absolute Gasteiger partial charge is 0.494 e. The summed E-state index contributed by atoms with van der Waals surface area (Å²) in [4.78, 5) is 20.7. The number of benzene rings is 1. The fraction of sp³-hybridized carbons (Fsp3) is 0.160. The minimum absolute atomic E-state index is 0.133. The Morgan fingerprint density at radius 3 is 2.72 bits per heavy atom. The Morgan fingerprint density at radius 1 is 1.11 bits per heavy atom. The van der Waals surface area contributed by atoms with Crippen LogP contribution >= 0.6 is 0 Å². The SMILES string of the molecule is CCNC(=O)Nc1ccc(-c2cnc3c(C)cc(-c4nncn4-c4ccc(F)c(OC)c4)cn23)cn1. The van der Waals surface area contributed by atoms with E-state index in [-0.39, 0.29) is 11.8 Å². The summed E-state index contributed by atoms with van der Waals surface area (Å²) in [7, 11) is 1.42. The lowest BCUT2D eigenvalue weighted by atomic mass is 10.1. The van der Waals surface area contributed by atoms with Gasteiger partial charge in [-0.1, -0.05) is 0 Å². The highest BCUT2D eigenvalue weighted by atomic mass is 19.1. The molecule has 0 bridgehead atoms. The van der Waals surface area contributed by atoms with Gasteiger partial charge in [-0.2, -0.15) is 0 Å². The van der Waals surface area contributed by atoms with E-state index in [9.17, 15) is 9.18 Å². The standard InChI is InChI=1S/C25H23FN8O2/c1-4-27-25(35)31-22-8-5-16(11-28-22)20-12-29-23-15(2)9-17(13-33(20)23)24-32-30-14-34(24)18-6-7-19(26)21(10-18)36-3/h5-14H,4H2,1-3H3,(H2,27,28,31,35). The number of methoxy groups -OCH3 is 1. The van der Waals surface area contributed by atoms with Gasteiger partial charge in [-0.15, -0.1) is 10.2 Å². The average Bonchev–Trinajstić information content (AvgIpc) is 3.53. The summed E-state index contributed by atoms with van der Waals surface area (Å²) in [5.74, 6) is 0.705. The maximum Gasteiger partial charge on any atom is 0.320 e. The van der Waals surface area contributed by atoms with E-state index < -0.39 is 5.82 Å². The highest BCUT2D eigenvalue weighted by molar-refractivity contribution is 5.88. The lowest BCUT2D eigenvalue weighted by molar-refractivity contribution is 0.252. The molecule has 2 N–H and O–H groups in total. The number of nitrogens with zero attached hydrogens (tertiary/aromatic N) is 6. The first-order valence-electron chi connectivity index (χ1n) is 11.2. The smallest absolute Gasteiger partial charge is 0.320 e. The number of fused-ring (bicyclic) bond motifs is 1. The summed E-state index contributed by atoms with van der Waals surface area (Å²) in [6.45, 7) is 4.33. The van der Waals surface area contributed by atoms with Crippen molar-refractivity contribution < 1.29 is 13.9 Å². The van der Waals surface area contributed by atoms with Gasteiger partial charge in [-0.05, 0) is 49.7 Å². The third-order valence-corrected chi connectivity index (χ3v) is 5.65. The summed E-state index contributed by atoms with van der Waals surface area (Å²) in [6.07, 6.45) is 6.95. The van der Waals surface area contributed by atoms with Gasteiger partial charge in [-0.3, -0.25) is 14.3 Å². The number of amides is 2. The molecule has 11 heteroatoms. The van der Waals surface area contributed by atoms with E-state index in [1.165, 1.54) is 13.2 Å². The van der Waals surface area contributed by atoms with Crippen LogP contribution in [0.4, 0.5) is 15.0 Å². The van der Waals surface area contributed by atoms with Crippen molar-refractivity contribution in [3.63, 3.8) is 0 Å². The van der Waals surface area contributed by atoms with Gasteiger partial charge in [0.1, 0.15) is 17.8 Å². The van der Waals surface area contributed by atoms with Gasteiger partial charge < -0.3 is 10.1 Å². The van der Waals surface area contributed by atoms with Gasteiger partial charge >= 0.3 is 6.03 Å². The second-order valence-corrected chi connectivity index (χ2v) is 8.01. The van der Waals surface area contributed by atoms with Crippen LogP contribution in [-0.4, -0.2) is 48.8 Å². The summed E-state index contributed by atoms with van der Waals surface area (Å²) in [5, 5.41) is 13.8. The lowest BCUT2D eigenvalue weighted by Crippen LogP contribution is -2.28. The minimum atomic E-state index is -0.447. The zero-order chi connectivity index (χ0) is 25.2. The highest BCUT2D eigenvalue weighted by Crippen LogP contribution is 2.29. The van der Waals surface area contributed by atoms with Crippen LogP contribution in [-0.2, 0) is 0 Å². The van der Waals surface area contributed by atoms with Crippen molar-refractivity contribution in [2.75, 3.05) is 19.0 Å². The van der Waals surface area contributed by atoms with Crippen molar-refractivity contribution in [1.29, 1.82) is 0 Å². The third kappa shape index (κ3) is 4.22. The number of urea groups is 1. The minimum Gasteiger partial charge on any atom is -0.494 e. The van der Waals surface area contributed by atoms with Crippen molar-refractivity contribution >= 4 is 17.5 Å². The van der Waals surface area contributed by atoms with Crippen LogP contribution in [0.2, 0.25) is 0 Å². The Morgan fingerprint density at radius 2 is 1.97 bits per heavy atom. The van der Waals surface area contributed by atoms with Gasteiger partial charge in [-0.25, -0.2) is 19.2 Å². The maximum atomic E-state index is 13.9.